The number of halogens is 2. The smallest absolute Gasteiger partial charge is 0.255 e. The molecule has 0 fully saturated rings. The summed E-state index contributed by atoms with van der Waals surface area (Å²) in [4.78, 5) is 14.0. The molecule has 0 aliphatic rings. The van der Waals surface area contributed by atoms with Gasteiger partial charge in [-0.2, -0.15) is 0 Å². The van der Waals surface area contributed by atoms with Crippen molar-refractivity contribution in [3.63, 3.8) is 0 Å². The van der Waals surface area contributed by atoms with Crippen molar-refractivity contribution in [1.29, 1.82) is 0 Å². The highest BCUT2D eigenvalue weighted by atomic mass is 127. The van der Waals surface area contributed by atoms with Crippen LogP contribution in [0.2, 0.25) is 0 Å². The van der Waals surface area contributed by atoms with Crippen LogP contribution < -0.4 is 0 Å². The molecule has 94 valence electrons. The van der Waals surface area contributed by atoms with Gasteiger partial charge in [0.05, 0.1) is 18.2 Å². The SMILES string of the molecule is COCC(C)N(C)C(=O)c1cc(I)ccc1Br. The Morgan fingerprint density at radius 1 is 1.59 bits per heavy atom. The highest BCUT2D eigenvalue weighted by Gasteiger charge is 2.19. The molecule has 0 saturated heterocycles. The van der Waals surface area contributed by atoms with Gasteiger partial charge in [0.1, 0.15) is 0 Å². The fourth-order valence-electron chi connectivity index (χ4n) is 1.40. The van der Waals surface area contributed by atoms with Gasteiger partial charge in [0.25, 0.3) is 5.91 Å². The van der Waals surface area contributed by atoms with Gasteiger partial charge in [-0.1, -0.05) is 0 Å². The van der Waals surface area contributed by atoms with Crippen LogP contribution >= 0.6 is 38.5 Å². The maximum atomic E-state index is 12.3. The van der Waals surface area contributed by atoms with Gasteiger partial charge in [0.2, 0.25) is 0 Å². The second-order valence-corrected chi connectivity index (χ2v) is 5.94. The van der Waals surface area contributed by atoms with E-state index >= 15 is 0 Å². The van der Waals surface area contributed by atoms with Gasteiger partial charge < -0.3 is 9.64 Å². The number of nitrogens with zero attached hydrogens (tertiary/aromatic N) is 1. The van der Waals surface area contributed by atoms with Gasteiger partial charge in [0, 0.05) is 22.2 Å². The van der Waals surface area contributed by atoms with E-state index in [0.29, 0.717) is 12.2 Å². The van der Waals surface area contributed by atoms with Gasteiger partial charge in [-0.3, -0.25) is 4.79 Å². The summed E-state index contributed by atoms with van der Waals surface area (Å²) in [7, 11) is 3.43. The minimum absolute atomic E-state index is 0.0000546. The number of hydrogen-bond donors (Lipinski definition) is 0. The van der Waals surface area contributed by atoms with Crippen molar-refractivity contribution in [2.24, 2.45) is 0 Å². The van der Waals surface area contributed by atoms with Crippen LogP contribution in [-0.4, -0.2) is 37.6 Å². The second-order valence-electron chi connectivity index (χ2n) is 3.84. The zero-order chi connectivity index (χ0) is 13.0. The molecule has 0 radical (unpaired) electrons. The number of carbonyl (C=O) groups excluding carboxylic acids is 1. The molecule has 17 heavy (non-hydrogen) atoms. The molecule has 3 nitrogen and oxygen atoms in total. The summed E-state index contributed by atoms with van der Waals surface area (Å²) in [5, 5.41) is 0. The summed E-state index contributed by atoms with van der Waals surface area (Å²) in [6.07, 6.45) is 0. The molecular formula is C12H15BrINO2. The summed E-state index contributed by atoms with van der Waals surface area (Å²) in [6, 6.07) is 5.78. The standard InChI is InChI=1S/C12H15BrINO2/c1-8(7-17-3)15(2)12(16)10-6-9(14)4-5-11(10)13/h4-6,8H,7H2,1-3H3. The van der Waals surface area contributed by atoms with E-state index in [2.05, 4.69) is 38.5 Å². The van der Waals surface area contributed by atoms with E-state index < -0.39 is 0 Å². The Morgan fingerprint density at radius 2 is 2.24 bits per heavy atom. The lowest BCUT2D eigenvalue weighted by Gasteiger charge is -2.24. The van der Waals surface area contributed by atoms with E-state index in [-0.39, 0.29) is 11.9 Å². The Morgan fingerprint density at radius 3 is 2.82 bits per heavy atom. The molecule has 1 amide bonds. The van der Waals surface area contributed by atoms with Crippen molar-refractivity contribution >= 4 is 44.4 Å². The molecule has 1 unspecified atom stereocenters. The number of rotatable bonds is 4. The lowest BCUT2D eigenvalue weighted by Crippen LogP contribution is -2.38. The minimum Gasteiger partial charge on any atom is -0.383 e. The first kappa shape index (κ1) is 14.9. The first-order valence-corrected chi connectivity index (χ1v) is 7.05. The summed E-state index contributed by atoms with van der Waals surface area (Å²) < 4.78 is 6.92. The molecule has 1 aromatic carbocycles. The van der Waals surface area contributed by atoms with Crippen molar-refractivity contribution in [3.8, 4) is 0 Å². The topological polar surface area (TPSA) is 29.5 Å². The van der Waals surface area contributed by atoms with Crippen molar-refractivity contribution < 1.29 is 9.53 Å². The number of ether oxygens (including phenoxy) is 1. The molecule has 1 rings (SSSR count). The summed E-state index contributed by atoms with van der Waals surface area (Å²) in [5.41, 5.74) is 0.683. The van der Waals surface area contributed by atoms with Crippen molar-refractivity contribution in [1.82, 2.24) is 4.90 Å². The van der Waals surface area contributed by atoms with Crippen LogP contribution in [-0.2, 0) is 4.74 Å². The monoisotopic (exact) mass is 411 g/mol. The van der Waals surface area contributed by atoms with E-state index in [4.69, 9.17) is 4.74 Å². The summed E-state index contributed by atoms with van der Waals surface area (Å²) >= 11 is 5.60. The third kappa shape index (κ3) is 3.93. The van der Waals surface area contributed by atoms with Gasteiger partial charge in [-0.25, -0.2) is 0 Å². The van der Waals surface area contributed by atoms with E-state index in [1.165, 1.54) is 0 Å². The Kier molecular flexibility index (Phi) is 5.88. The zero-order valence-corrected chi connectivity index (χ0v) is 13.8. The molecule has 0 spiro atoms. The van der Waals surface area contributed by atoms with Gasteiger partial charge >= 0.3 is 0 Å². The Labute approximate surface area is 124 Å². The van der Waals surface area contributed by atoms with Crippen LogP contribution in [0.1, 0.15) is 17.3 Å². The maximum Gasteiger partial charge on any atom is 0.255 e. The highest BCUT2D eigenvalue weighted by Crippen LogP contribution is 2.21. The number of benzene rings is 1. The third-order valence-electron chi connectivity index (χ3n) is 2.55. The number of hydrogen-bond acceptors (Lipinski definition) is 2. The molecule has 5 heteroatoms. The van der Waals surface area contributed by atoms with Gasteiger partial charge in [-0.05, 0) is 63.6 Å². The Bertz CT molecular complexity index is 411. The predicted molar refractivity (Wildman–Crippen MR) is 80.3 cm³/mol. The molecule has 0 saturated carbocycles. The third-order valence-corrected chi connectivity index (χ3v) is 3.91. The first-order chi connectivity index (χ1) is 7.97. The van der Waals surface area contributed by atoms with E-state index in [9.17, 15) is 4.79 Å². The average Bonchev–Trinajstić information content (AvgIpc) is 2.30. The van der Waals surface area contributed by atoms with E-state index in [0.717, 1.165) is 8.04 Å². The van der Waals surface area contributed by atoms with Crippen LogP contribution in [0, 0.1) is 3.57 Å². The second kappa shape index (κ2) is 6.70. The minimum atomic E-state index is -0.0000546. The Balaban J connectivity index is 2.92. The highest BCUT2D eigenvalue weighted by molar-refractivity contribution is 14.1. The van der Waals surface area contributed by atoms with Crippen LogP contribution in [0.4, 0.5) is 0 Å². The van der Waals surface area contributed by atoms with E-state index in [1.54, 1.807) is 19.1 Å². The van der Waals surface area contributed by atoms with E-state index in [1.807, 2.05) is 25.1 Å². The van der Waals surface area contributed by atoms with Crippen LogP contribution in [0.15, 0.2) is 22.7 Å². The van der Waals surface area contributed by atoms with Crippen molar-refractivity contribution in [3.05, 3.63) is 31.8 Å². The number of methoxy groups -OCH3 is 1. The first-order valence-electron chi connectivity index (χ1n) is 5.18. The van der Waals surface area contributed by atoms with Crippen molar-refractivity contribution in [2.45, 2.75) is 13.0 Å². The fraction of sp³-hybridized carbons (Fsp3) is 0.417. The lowest BCUT2D eigenvalue weighted by molar-refractivity contribution is 0.0632. The fourth-order valence-corrected chi connectivity index (χ4v) is 2.31. The molecule has 1 aromatic rings. The molecule has 0 heterocycles. The molecular weight excluding hydrogens is 397 g/mol. The zero-order valence-electron chi connectivity index (χ0n) is 10.0. The Hall–Kier alpha value is -0.140. The molecule has 1 atom stereocenters. The molecule has 0 aromatic heterocycles. The predicted octanol–water partition coefficient (Wildman–Crippen LogP) is 3.16. The molecule has 0 aliphatic heterocycles. The number of amides is 1. The van der Waals surface area contributed by atoms with Gasteiger partial charge in [-0.15, -0.1) is 0 Å². The summed E-state index contributed by atoms with van der Waals surface area (Å²) in [5.74, 6) is -0.0000546. The summed E-state index contributed by atoms with van der Waals surface area (Å²) in [6.45, 7) is 2.49. The molecule has 0 bridgehead atoms. The van der Waals surface area contributed by atoms with Crippen LogP contribution in [0.3, 0.4) is 0 Å². The normalized spacial score (nSPS) is 12.3. The number of likely N-dealkylation sites (N-methyl/N-ethyl adjacent to an activating group) is 1. The van der Waals surface area contributed by atoms with Gasteiger partial charge in [0.15, 0.2) is 0 Å². The largest absolute Gasteiger partial charge is 0.383 e. The maximum absolute atomic E-state index is 12.3. The molecule has 0 aliphatic carbocycles. The quantitative estimate of drug-likeness (QED) is 0.712. The molecule has 0 N–H and O–H groups in total. The van der Waals surface area contributed by atoms with Crippen LogP contribution in [0.5, 0.6) is 0 Å². The van der Waals surface area contributed by atoms with Crippen LogP contribution in [0.25, 0.3) is 0 Å². The lowest BCUT2D eigenvalue weighted by atomic mass is 10.2. The average molecular weight is 412 g/mol. The van der Waals surface area contributed by atoms with Crippen molar-refractivity contribution in [2.75, 3.05) is 20.8 Å². The number of carbonyl (C=O) groups is 1.